The number of benzene rings is 2. The van der Waals surface area contributed by atoms with Crippen LogP contribution in [0.4, 0.5) is 0 Å². The first-order valence-electron chi connectivity index (χ1n) is 7.19. The fourth-order valence-electron chi connectivity index (χ4n) is 2.47. The van der Waals surface area contributed by atoms with Crippen molar-refractivity contribution in [2.24, 2.45) is 0 Å². The molecule has 0 amide bonds. The smallest absolute Gasteiger partial charge is 0.201 e. The zero-order valence-corrected chi connectivity index (χ0v) is 14.1. The Kier molecular flexibility index (Phi) is 4.68. The summed E-state index contributed by atoms with van der Waals surface area (Å²) >= 11 is 0. The Balaban J connectivity index is 1.97. The number of hydrogen-bond acceptors (Lipinski definition) is 5. The van der Waals surface area contributed by atoms with Crippen LogP contribution in [0.5, 0.6) is 11.5 Å². The monoisotopic (exact) mass is 347 g/mol. The molecule has 1 heterocycles. The third-order valence-corrected chi connectivity index (χ3v) is 4.08. The fraction of sp³-hybridized carbons (Fsp3) is 0.188. The summed E-state index contributed by atoms with van der Waals surface area (Å²) in [6.45, 7) is 0.268. The summed E-state index contributed by atoms with van der Waals surface area (Å²) in [5.74, 6) is 1.28. The van der Waals surface area contributed by atoms with Crippen LogP contribution >= 0.6 is 0 Å². The molecule has 0 aliphatic carbocycles. The lowest BCUT2D eigenvalue weighted by Gasteiger charge is -2.09. The number of methoxy groups -OCH3 is 2. The molecule has 0 radical (unpaired) electrons. The number of rotatable bonds is 6. The molecule has 0 unspecified atom stereocenters. The molecular weight excluding hydrogens is 330 g/mol. The Morgan fingerprint density at radius 2 is 1.75 bits per heavy atom. The highest BCUT2D eigenvalue weighted by atomic mass is 32.2. The minimum absolute atomic E-state index is 0.268. The topological polar surface area (TPSA) is 82.5 Å². The number of nitrogens with one attached hydrogen (secondary N) is 1. The molecular formula is C16H17N3O4S. The van der Waals surface area contributed by atoms with Gasteiger partial charge in [0.15, 0.2) is 11.5 Å². The van der Waals surface area contributed by atoms with Gasteiger partial charge in [-0.05, 0) is 23.8 Å². The van der Waals surface area contributed by atoms with Gasteiger partial charge in [0.1, 0.15) is 0 Å². The molecule has 0 saturated carbocycles. The van der Waals surface area contributed by atoms with Gasteiger partial charge in [0, 0.05) is 18.0 Å². The largest absolute Gasteiger partial charge is 0.493 e. The van der Waals surface area contributed by atoms with Crippen molar-refractivity contribution in [2.75, 3.05) is 14.2 Å². The third-order valence-electron chi connectivity index (χ3n) is 3.67. The number of thiol groups is 1. The maximum absolute atomic E-state index is 10.6. The van der Waals surface area contributed by atoms with E-state index in [1.165, 1.54) is 0 Å². The van der Waals surface area contributed by atoms with Gasteiger partial charge in [0.25, 0.3) is 0 Å². The van der Waals surface area contributed by atoms with Crippen molar-refractivity contribution in [3.63, 3.8) is 0 Å². The molecule has 0 bridgehead atoms. The van der Waals surface area contributed by atoms with Crippen molar-refractivity contribution in [2.45, 2.75) is 6.54 Å². The summed E-state index contributed by atoms with van der Waals surface area (Å²) < 4.78 is 36.0. The quantitative estimate of drug-likeness (QED) is 0.663. The molecule has 0 aliphatic heterocycles. The Labute approximate surface area is 140 Å². The summed E-state index contributed by atoms with van der Waals surface area (Å²) in [5, 5.41) is 5.35. The van der Waals surface area contributed by atoms with E-state index in [1.54, 1.807) is 25.1 Å². The van der Waals surface area contributed by atoms with Gasteiger partial charge in [-0.2, -0.15) is 5.10 Å². The Bertz CT molecular complexity index is 924. The molecule has 8 heteroatoms. The van der Waals surface area contributed by atoms with Gasteiger partial charge in [-0.3, -0.25) is 0 Å². The molecule has 0 spiro atoms. The lowest BCUT2D eigenvalue weighted by atomic mass is 10.2. The van der Waals surface area contributed by atoms with Crippen LogP contribution < -0.4 is 14.2 Å². The Morgan fingerprint density at radius 3 is 2.38 bits per heavy atom. The van der Waals surface area contributed by atoms with Gasteiger partial charge >= 0.3 is 0 Å². The molecule has 126 valence electrons. The number of aromatic nitrogens is 2. The van der Waals surface area contributed by atoms with Crippen molar-refractivity contribution in [1.82, 2.24) is 14.5 Å². The van der Waals surface area contributed by atoms with Gasteiger partial charge in [0.2, 0.25) is 10.9 Å². The number of nitrogens with zero attached hydrogens (tertiary/aromatic N) is 2. The predicted molar refractivity (Wildman–Crippen MR) is 91.3 cm³/mol. The first-order valence-corrected chi connectivity index (χ1v) is 8.37. The lowest BCUT2D eigenvalue weighted by Crippen LogP contribution is -2.10. The van der Waals surface area contributed by atoms with E-state index >= 15 is 0 Å². The normalized spacial score (nSPS) is 11.1. The summed E-state index contributed by atoms with van der Waals surface area (Å²) in [6, 6.07) is 11.2. The van der Waals surface area contributed by atoms with E-state index in [9.17, 15) is 8.42 Å². The summed E-state index contributed by atoms with van der Waals surface area (Å²) in [7, 11) is 0.589. The minimum atomic E-state index is -2.60. The third kappa shape index (κ3) is 3.19. The molecule has 0 fully saturated rings. The summed E-state index contributed by atoms with van der Waals surface area (Å²) in [6.07, 6.45) is 1.76. The number of fused-ring (bicyclic) bond motifs is 1. The average molecular weight is 347 g/mol. The maximum atomic E-state index is 10.6. The standard InChI is InChI=1S/C16H17N3O4S/c1-22-15-7-12-10-17-19(14(12)8-16(15)23-2)13-5-3-11(4-6-13)9-18-24(20)21/h3-8,10,24H,9H2,1-2H3,(H,18,20,21). The molecule has 3 rings (SSSR count). The van der Waals surface area contributed by atoms with E-state index < -0.39 is 10.9 Å². The molecule has 0 atom stereocenters. The van der Waals surface area contributed by atoms with Gasteiger partial charge in [-0.25, -0.2) is 17.8 Å². The molecule has 0 aliphatic rings. The van der Waals surface area contributed by atoms with E-state index in [1.807, 2.05) is 36.4 Å². The van der Waals surface area contributed by atoms with Crippen molar-refractivity contribution >= 4 is 21.8 Å². The van der Waals surface area contributed by atoms with Crippen molar-refractivity contribution in [3.05, 3.63) is 48.2 Å². The first-order chi connectivity index (χ1) is 11.6. The van der Waals surface area contributed by atoms with Crippen LogP contribution in [0.3, 0.4) is 0 Å². The van der Waals surface area contributed by atoms with E-state index in [0.29, 0.717) is 11.5 Å². The van der Waals surface area contributed by atoms with E-state index in [4.69, 9.17) is 9.47 Å². The van der Waals surface area contributed by atoms with Gasteiger partial charge in [0.05, 0.1) is 31.6 Å². The van der Waals surface area contributed by atoms with Crippen molar-refractivity contribution in [1.29, 1.82) is 0 Å². The average Bonchev–Trinajstić information content (AvgIpc) is 3.01. The minimum Gasteiger partial charge on any atom is -0.493 e. The van der Waals surface area contributed by atoms with Crippen molar-refractivity contribution in [3.8, 4) is 17.2 Å². The second kappa shape index (κ2) is 6.90. The molecule has 1 aromatic heterocycles. The first kappa shape index (κ1) is 16.3. The number of hydrogen-bond donors (Lipinski definition) is 2. The molecule has 3 aromatic rings. The second-order valence-electron chi connectivity index (χ2n) is 5.08. The highest BCUT2D eigenvalue weighted by Gasteiger charge is 2.11. The lowest BCUT2D eigenvalue weighted by molar-refractivity contribution is 0.356. The van der Waals surface area contributed by atoms with Gasteiger partial charge < -0.3 is 9.47 Å². The van der Waals surface area contributed by atoms with Crippen LogP contribution in [0.2, 0.25) is 0 Å². The second-order valence-corrected chi connectivity index (χ2v) is 5.91. The van der Waals surface area contributed by atoms with Crippen LogP contribution in [0.1, 0.15) is 5.56 Å². The summed E-state index contributed by atoms with van der Waals surface area (Å²) in [5.41, 5.74) is 2.63. The zero-order valence-electron chi connectivity index (χ0n) is 13.2. The SMILES string of the molecule is COc1cc2cnn(-c3ccc(CN[SH](=O)=O)cc3)c2cc1OC. The van der Waals surface area contributed by atoms with Crippen LogP contribution in [0.15, 0.2) is 42.6 Å². The number of ether oxygens (including phenoxy) is 2. The van der Waals surface area contributed by atoms with Crippen molar-refractivity contribution < 1.29 is 17.9 Å². The molecule has 1 N–H and O–H groups in total. The van der Waals surface area contributed by atoms with Gasteiger partial charge in [-0.1, -0.05) is 12.1 Å². The van der Waals surface area contributed by atoms with Crippen LogP contribution in [0.25, 0.3) is 16.6 Å². The fourth-order valence-corrected chi connectivity index (χ4v) is 2.78. The van der Waals surface area contributed by atoms with E-state index in [2.05, 4.69) is 9.82 Å². The van der Waals surface area contributed by atoms with E-state index in [-0.39, 0.29) is 6.54 Å². The Morgan fingerprint density at radius 1 is 1.08 bits per heavy atom. The highest BCUT2D eigenvalue weighted by molar-refractivity contribution is 7.70. The highest BCUT2D eigenvalue weighted by Crippen LogP contribution is 2.32. The molecule has 2 aromatic carbocycles. The van der Waals surface area contributed by atoms with Crippen LogP contribution in [-0.4, -0.2) is 32.4 Å². The zero-order chi connectivity index (χ0) is 17.1. The Hall–Kier alpha value is -2.58. The van der Waals surface area contributed by atoms with Crippen LogP contribution in [0, 0.1) is 0 Å². The molecule has 24 heavy (non-hydrogen) atoms. The predicted octanol–water partition coefficient (Wildman–Crippen LogP) is 1.66. The van der Waals surface area contributed by atoms with E-state index in [0.717, 1.165) is 22.2 Å². The molecule has 7 nitrogen and oxygen atoms in total. The maximum Gasteiger partial charge on any atom is 0.201 e. The van der Waals surface area contributed by atoms with Crippen LogP contribution in [-0.2, 0) is 17.4 Å². The van der Waals surface area contributed by atoms with Gasteiger partial charge in [-0.15, -0.1) is 0 Å². The summed E-state index contributed by atoms with van der Waals surface area (Å²) in [4.78, 5) is 0. The molecule has 0 saturated heterocycles.